The molecule has 1 aromatic heterocycles. The van der Waals surface area contributed by atoms with Crippen molar-refractivity contribution in [3.05, 3.63) is 17.3 Å². The van der Waals surface area contributed by atoms with Crippen LogP contribution in [-0.4, -0.2) is 22.6 Å². The molecule has 0 saturated heterocycles. The first-order valence-electron chi connectivity index (χ1n) is 6.02. The van der Waals surface area contributed by atoms with Crippen LogP contribution in [-0.2, 0) is 0 Å². The van der Waals surface area contributed by atoms with Crippen LogP contribution in [0.25, 0.3) is 0 Å². The Morgan fingerprint density at radius 1 is 1.53 bits per heavy atom. The van der Waals surface area contributed by atoms with E-state index >= 15 is 0 Å². The molecule has 1 fully saturated rings. The smallest absolute Gasteiger partial charge is 0.224 e. The number of rotatable bonds is 5. The van der Waals surface area contributed by atoms with Crippen LogP contribution in [0, 0.1) is 11.7 Å². The second-order valence-corrected chi connectivity index (χ2v) is 5.26. The number of anilines is 1. The summed E-state index contributed by atoms with van der Waals surface area (Å²) < 4.78 is 13.7. The van der Waals surface area contributed by atoms with E-state index in [0.717, 1.165) is 32.0 Å². The Bertz CT molecular complexity index is 393. The molecule has 0 atom stereocenters. The molecule has 1 heterocycles. The van der Waals surface area contributed by atoms with Crippen LogP contribution >= 0.6 is 11.6 Å². The highest BCUT2D eigenvalue weighted by atomic mass is 35.5. The monoisotopic (exact) mass is 257 g/mol. The summed E-state index contributed by atoms with van der Waals surface area (Å²) in [6.07, 6.45) is 4.39. The molecule has 1 aliphatic carbocycles. The standard InChI is InChI=1S/C12H17ClFN3/c1-8(2)5-6-17(9-3-4-9)11-10(14)7-15-12(13)16-11/h7-9H,3-6H2,1-2H3. The lowest BCUT2D eigenvalue weighted by molar-refractivity contribution is 0.551. The lowest BCUT2D eigenvalue weighted by atomic mass is 10.1. The Morgan fingerprint density at radius 3 is 2.82 bits per heavy atom. The van der Waals surface area contributed by atoms with Crippen molar-refractivity contribution in [2.24, 2.45) is 5.92 Å². The van der Waals surface area contributed by atoms with Crippen LogP contribution in [0.1, 0.15) is 33.1 Å². The Morgan fingerprint density at radius 2 is 2.24 bits per heavy atom. The fourth-order valence-electron chi connectivity index (χ4n) is 1.78. The van der Waals surface area contributed by atoms with E-state index in [1.165, 1.54) is 0 Å². The number of hydrogen-bond acceptors (Lipinski definition) is 3. The molecular weight excluding hydrogens is 241 g/mol. The van der Waals surface area contributed by atoms with Gasteiger partial charge < -0.3 is 4.90 Å². The minimum atomic E-state index is -0.384. The van der Waals surface area contributed by atoms with Gasteiger partial charge in [-0.05, 0) is 36.8 Å². The van der Waals surface area contributed by atoms with Crippen molar-refractivity contribution >= 4 is 17.4 Å². The van der Waals surface area contributed by atoms with Gasteiger partial charge in [0.15, 0.2) is 11.6 Å². The Balaban J connectivity index is 2.16. The van der Waals surface area contributed by atoms with Gasteiger partial charge in [-0.2, -0.15) is 4.98 Å². The van der Waals surface area contributed by atoms with Gasteiger partial charge in [0.2, 0.25) is 5.28 Å². The molecule has 0 spiro atoms. The van der Waals surface area contributed by atoms with Crippen molar-refractivity contribution in [3.8, 4) is 0 Å². The zero-order chi connectivity index (χ0) is 12.4. The van der Waals surface area contributed by atoms with Gasteiger partial charge in [0.25, 0.3) is 0 Å². The second-order valence-electron chi connectivity index (χ2n) is 4.92. The van der Waals surface area contributed by atoms with Crippen molar-refractivity contribution < 1.29 is 4.39 Å². The summed E-state index contributed by atoms with van der Waals surface area (Å²) >= 11 is 5.73. The van der Waals surface area contributed by atoms with Crippen molar-refractivity contribution in [3.63, 3.8) is 0 Å². The minimum absolute atomic E-state index is 0.108. The summed E-state index contributed by atoms with van der Waals surface area (Å²) in [6, 6.07) is 0.425. The molecule has 1 aliphatic rings. The summed E-state index contributed by atoms with van der Waals surface area (Å²) in [7, 11) is 0. The topological polar surface area (TPSA) is 29.0 Å². The number of aromatic nitrogens is 2. The number of nitrogens with zero attached hydrogens (tertiary/aromatic N) is 3. The molecule has 0 bridgehead atoms. The zero-order valence-corrected chi connectivity index (χ0v) is 10.9. The predicted molar refractivity (Wildman–Crippen MR) is 66.8 cm³/mol. The van der Waals surface area contributed by atoms with Crippen LogP contribution in [0.15, 0.2) is 6.20 Å². The SMILES string of the molecule is CC(C)CCN(c1nc(Cl)ncc1F)C1CC1. The summed E-state index contributed by atoms with van der Waals surface area (Å²) in [5.74, 6) is 0.565. The maximum Gasteiger partial charge on any atom is 0.224 e. The van der Waals surface area contributed by atoms with E-state index in [0.29, 0.717) is 17.8 Å². The molecule has 0 radical (unpaired) electrons. The Hall–Kier alpha value is -0.900. The highest BCUT2D eigenvalue weighted by Gasteiger charge is 2.31. The molecule has 2 rings (SSSR count). The van der Waals surface area contributed by atoms with Gasteiger partial charge in [-0.1, -0.05) is 13.8 Å². The molecule has 0 unspecified atom stereocenters. The van der Waals surface area contributed by atoms with Crippen LogP contribution < -0.4 is 4.90 Å². The first-order valence-corrected chi connectivity index (χ1v) is 6.40. The molecule has 0 aromatic carbocycles. The molecule has 5 heteroatoms. The van der Waals surface area contributed by atoms with Gasteiger partial charge >= 0.3 is 0 Å². The number of halogens is 2. The Labute approximate surface area is 106 Å². The van der Waals surface area contributed by atoms with Gasteiger partial charge in [0.1, 0.15) is 0 Å². The third-order valence-electron chi connectivity index (χ3n) is 2.90. The van der Waals surface area contributed by atoms with Crippen LogP contribution in [0.4, 0.5) is 10.2 Å². The van der Waals surface area contributed by atoms with E-state index in [1.54, 1.807) is 0 Å². The molecule has 94 valence electrons. The molecular formula is C12H17ClFN3. The van der Waals surface area contributed by atoms with Crippen molar-refractivity contribution in [2.75, 3.05) is 11.4 Å². The summed E-state index contributed by atoms with van der Waals surface area (Å²) in [6.45, 7) is 5.15. The summed E-state index contributed by atoms with van der Waals surface area (Å²) in [5, 5.41) is 0.108. The third kappa shape index (κ3) is 3.28. The highest BCUT2D eigenvalue weighted by Crippen LogP contribution is 2.32. The fourth-order valence-corrected chi connectivity index (χ4v) is 1.91. The second kappa shape index (κ2) is 5.17. The lowest BCUT2D eigenvalue weighted by Crippen LogP contribution is -2.29. The quantitative estimate of drug-likeness (QED) is 0.758. The van der Waals surface area contributed by atoms with E-state index in [9.17, 15) is 4.39 Å². The van der Waals surface area contributed by atoms with Gasteiger partial charge in [0.05, 0.1) is 6.20 Å². The third-order valence-corrected chi connectivity index (χ3v) is 3.09. The van der Waals surface area contributed by atoms with E-state index in [4.69, 9.17) is 11.6 Å². The normalized spacial score (nSPS) is 15.4. The van der Waals surface area contributed by atoms with Crippen LogP contribution in [0.3, 0.4) is 0 Å². The molecule has 1 aromatic rings. The first-order chi connectivity index (χ1) is 8.08. The van der Waals surface area contributed by atoms with Gasteiger partial charge in [0, 0.05) is 12.6 Å². The van der Waals surface area contributed by atoms with Crippen molar-refractivity contribution in [1.82, 2.24) is 9.97 Å². The number of hydrogen-bond donors (Lipinski definition) is 0. The minimum Gasteiger partial charge on any atom is -0.351 e. The molecule has 0 amide bonds. The van der Waals surface area contributed by atoms with Crippen LogP contribution in [0.5, 0.6) is 0 Å². The largest absolute Gasteiger partial charge is 0.351 e. The van der Waals surface area contributed by atoms with Crippen molar-refractivity contribution in [1.29, 1.82) is 0 Å². The van der Waals surface area contributed by atoms with Gasteiger partial charge in [-0.25, -0.2) is 9.37 Å². The molecule has 0 aliphatic heterocycles. The van der Waals surface area contributed by atoms with E-state index in [1.807, 2.05) is 4.90 Å². The van der Waals surface area contributed by atoms with E-state index < -0.39 is 0 Å². The average molecular weight is 258 g/mol. The maximum atomic E-state index is 13.7. The first kappa shape index (κ1) is 12.6. The van der Waals surface area contributed by atoms with E-state index in [2.05, 4.69) is 23.8 Å². The summed E-state index contributed by atoms with van der Waals surface area (Å²) in [5.41, 5.74) is 0. The van der Waals surface area contributed by atoms with Crippen LogP contribution in [0.2, 0.25) is 5.28 Å². The van der Waals surface area contributed by atoms with Crippen molar-refractivity contribution in [2.45, 2.75) is 39.2 Å². The lowest BCUT2D eigenvalue weighted by Gasteiger charge is -2.24. The molecule has 1 saturated carbocycles. The fraction of sp³-hybridized carbons (Fsp3) is 0.667. The maximum absolute atomic E-state index is 13.7. The van der Waals surface area contributed by atoms with Gasteiger partial charge in [-0.15, -0.1) is 0 Å². The average Bonchev–Trinajstić information content (AvgIpc) is 3.07. The van der Waals surface area contributed by atoms with Gasteiger partial charge in [-0.3, -0.25) is 0 Å². The van der Waals surface area contributed by atoms with E-state index in [-0.39, 0.29) is 11.1 Å². The molecule has 17 heavy (non-hydrogen) atoms. The molecule has 3 nitrogen and oxygen atoms in total. The highest BCUT2D eigenvalue weighted by molar-refractivity contribution is 6.28. The summed E-state index contributed by atoms with van der Waals surface area (Å²) in [4.78, 5) is 9.70. The zero-order valence-electron chi connectivity index (χ0n) is 10.2. The Kier molecular flexibility index (Phi) is 3.82. The predicted octanol–water partition coefficient (Wildman–Crippen LogP) is 3.28. The molecule has 0 N–H and O–H groups in total.